The SMILES string of the molecule is CCOC(=O)CN(Cc1ccc(C#N)cc1F)C(=O)C(C)Oc1cc(F)cc(F)c1CC. The summed E-state index contributed by atoms with van der Waals surface area (Å²) in [5.41, 5.74) is 0.271. The van der Waals surface area contributed by atoms with Crippen molar-refractivity contribution in [3.8, 4) is 11.8 Å². The predicted octanol–water partition coefficient (Wildman–Crippen LogP) is 3.90. The Labute approximate surface area is 184 Å². The second kappa shape index (κ2) is 11.2. The Hall–Kier alpha value is -3.54. The summed E-state index contributed by atoms with van der Waals surface area (Å²) in [5.74, 6) is -3.95. The highest BCUT2D eigenvalue weighted by molar-refractivity contribution is 5.85. The fourth-order valence-corrected chi connectivity index (χ4v) is 3.05. The molecular weight excluding hydrogens is 425 g/mol. The lowest BCUT2D eigenvalue weighted by atomic mass is 10.1. The monoisotopic (exact) mass is 448 g/mol. The van der Waals surface area contributed by atoms with Gasteiger partial charge in [0.15, 0.2) is 6.10 Å². The number of carbonyl (C=O) groups is 2. The highest BCUT2D eigenvalue weighted by Crippen LogP contribution is 2.25. The average Bonchev–Trinajstić information content (AvgIpc) is 2.73. The first kappa shape index (κ1) is 24.7. The largest absolute Gasteiger partial charge is 0.480 e. The van der Waals surface area contributed by atoms with Gasteiger partial charge in [-0.1, -0.05) is 13.0 Å². The van der Waals surface area contributed by atoms with E-state index in [4.69, 9.17) is 14.7 Å². The highest BCUT2D eigenvalue weighted by Gasteiger charge is 2.27. The van der Waals surface area contributed by atoms with E-state index in [1.54, 1.807) is 13.8 Å². The molecule has 0 radical (unpaired) electrons. The van der Waals surface area contributed by atoms with Gasteiger partial charge in [-0.25, -0.2) is 13.2 Å². The lowest BCUT2D eigenvalue weighted by Gasteiger charge is -2.26. The van der Waals surface area contributed by atoms with Gasteiger partial charge in [0.25, 0.3) is 5.91 Å². The van der Waals surface area contributed by atoms with Crippen molar-refractivity contribution in [3.05, 3.63) is 64.5 Å². The maximum atomic E-state index is 14.4. The minimum Gasteiger partial charge on any atom is -0.480 e. The first-order chi connectivity index (χ1) is 15.2. The molecule has 2 aromatic rings. The number of hydrogen-bond acceptors (Lipinski definition) is 5. The summed E-state index contributed by atoms with van der Waals surface area (Å²) in [4.78, 5) is 26.1. The topological polar surface area (TPSA) is 79.6 Å². The molecule has 0 aliphatic rings. The number of nitrogens with zero attached hydrogens (tertiary/aromatic N) is 2. The van der Waals surface area contributed by atoms with E-state index >= 15 is 0 Å². The van der Waals surface area contributed by atoms with Crippen LogP contribution in [0.1, 0.15) is 37.5 Å². The second-order valence-corrected chi connectivity index (χ2v) is 6.90. The molecule has 0 aromatic heterocycles. The standard InChI is InChI=1S/C23H23F3N2O4/c1-4-18-20(26)9-17(24)10-21(18)32-14(3)23(30)28(13-22(29)31-5-2)12-16-7-6-15(11-27)8-19(16)25/h6-10,14H,4-5,12-13H2,1-3H3. The molecule has 0 aliphatic heterocycles. The second-order valence-electron chi connectivity index (χ2n) is 6.90. The minimum absolute atomic E-state index is 0.0693. The van der Waals surface area contributed by atoms with Crippen LogP contribution in [0.2, 0.25) is 0 Å². The molecule has 0 aliphatic carbocycles. The first-order valence-electron chi connectivity index (χ1n) is 9.97. The van der Waals surface area contributed by atoms with Crippen molar-refractivity contribution in [2.45, 2.75) is 39.8 Å². The zero-order valence-corrected chi connectivity index (χ0v) is 18.0. The zero-order valence-electron chi connectivity index (χ0n) is 18.0. The number of amides is 1. The summed E-state index contributed by atoms with van der Waals surface area (Å²) in [6.45, 7) is 3.90. The van der Waals surface area contributed by atoms with Crippen molar-refractivity contribution < 1.29 is 32.2 Å². The smallest absolute Gasteiger partial charge is 0.325 e. The van der Waals surface area contributed by atoms with Crippen LogP contribution in [0.3, 0.4) is 0 Å². The molecule has 2 rings (SSSR count). The third kappa shape index (κ3) is 6.23. The van der Waals surface area contributed by atoms with E-state index in [1.807, 2.05) is 6.07 Å². The van der Waals surface area contributed by atoms with Gasteiger partial charge in [-0.2, -0.15) is 5.26 Å². The molecular formula is C23H23F3N2O4. The van der Waals surface area contributed by atoms with E-state index in [2.05, 4.69) is 0 Å². The van der Waals surface area contributed by atoms with E-state index in [1.165, 1.54) is 19.1 Å². The van der Waals surface area contributed by atoms with Gasteiger partial charge < -0.3 is 14.4 Å². The molecule has 0 spiro atoms. The van der Waals surface area contributed by atoms with E-state index in [-0.39, 0.29) is 42.0 Å². The third-order valence-electron chi connectivity index (χ3n) is 4.60. The number of carbonyl (C=O) groups excluding carboxylic acids is 2. The van der Waals surface area contributed by atoms with Crippen LogP contribution in [-0.4, -0.2) is 36.0 Å². The van der Waals surface area contributed by atoms with Crippen LogP contribution in [0, 0.1) is 28.8 Å². The Bertz CT molecular complexity index is 1040. The van der Waals surface area contributed by atoms with E-state index in [9.17, 15) is 22.8 Å². The summed E-state index contributed by atoms with van der Waals surface area (Å²) in [7, 11) is 0. The number of esters is 1. The third-order valence-corrected chi connectivity index (χ3v) is 4.60. The fraction of sp³-hybridized carbons (Fsp3) is 0.348. The molecule has 9 heteroatoms. The predicted molar refractivity (Wildman–Crippen MR) is 109 cm³/mol. The number of halogens is 3. The van der Waals surface area contributed by atoms with Crippen LogP contribution in [0.4, 0.5) is 13.2 Å². The van der Waals surface area contributed by atoms with Gasteiger partial charge in [-0.15, -0.1) is 0 Å². The normalized spacial score (nSPS) is 11.4. The minimum atomic E-state index is -1.24. The molecule has 1 atom stereocenters. The molecule has 0 N–H and O–H groups in total. The number of benzene rings is 2. The number of rotatable bonds is 9. The van der Waals surface area contributed by atoms with Crippen molar-refractivity contribution in [1.82, 2.24) is 4.90 Å². The Kier molecular flexibility index (Phi) is 8.64. The van der Waals surface area contributed by atoms with Gasteiger partial charge in [-0.3, -0.25) is 9.59 Å². The van der Waals surface area contributed by atoms with Crippen LogP contribution in [-0.2, 0) is 27.3 Å². The van der Waals surface area contributed by atoms with Crippen molar-refractivity contribution >= 4 is 11.9 Å². The van der Waals surface area contributed by atoms with Crippen molar-refractivity contribution in [2.75, 3.05) is 13.2 Å². The lowest BCUT2D eigenvalue weighted by molar-refractivity contribution is -0.151. The summed E-state index contributed by atoms with van der Waals surface area (Å²) < 4.78 is 52.5. The van der Waals surface area contributed by atoms with Crippen molar-refractivity contribution in [3.63, 3.8) is 0 Å². The number of ether oxygens (including phenoxy) is 2. The van der Waals surface area contributed by atoms with Gasteiger partial charge in [0.1, 0.15) is 29.7 Å². The van der Waals surface area contributed by atoms with E-state index in [0.29, 0.717) is 0 Å². The van der Waals surface area contributed by atoms with Crippen molar-refractivity contribution in [2.24, 2.45) is 0 Å². The summed E-state index contributed by atoms with van der Waals surface area (Å²) >= 11 is 0. The molecule has 1 unspecified atom stereocenters. The van der Waals surface area contributed by atoms with Crippen LogP contribution in [0.5, 0.6) is 5.75 Å². The molecule has 32 heavy (non-hydrogen) atoms. The molecule has 2 aromatic carbocycles. The fourth-order valence-electron chi connectivity index (χ4n) is 3.05. The molecule has 0 fully saturated rings. The highest BCUT2D eigenvalue weighted by atomic mass is 19.1. The molecule has 0 saturated heterocycles. The Balaban J connectivity index is 2.29. The number of hydrogen-bond donors (Lipinski definition) is 0. The molecule has 6 nitrogen and oxygen atoms in total. The quantitative estimate of drug-likeness (QED) is 0.544. The molecule has 0 bridgehead atoms. The average molecular weight is 448 g/mol. The Morgan fingerprint density at radius 3 is 2.44 bits per heavy atom. The lowest BCUT2D eigenvalue weighted by Crippen LogP contribution is -2.43. The Morgan fingerprint density at radius 2 is 1.84 bits per heavy atom. The van der Waals surface area contributed by atoms with Gasteiger partial charge in [-0.05, 0) is 32.4 Å². The Morgan fingerprint density at radius 1 is 1.12 bits per heavy atom. The van der Waals surface area contributed by atoms with Crippen LogP contribution >= 0.6 is 0 Å². The molecule has 170 valence electrons. The maximum Gasteiger partial charge on any atom is 0.325 e. The molecule has 0 saturated carbocycles. The van der Waals surface area contributed by atoms with Gasteiger partial charge in [0, 0.05) is 29.8 Å². The summed E-state index contributed by atoms with van der Waals surface area (Å²) in [6, 6.07) is 7.24. The van der Waals surface area contributed by atoms with Crippen LogP contribution in [0.25, 0.3) is 0 Å². The summed E-state index contributed by atoms with van der Waals surface area (Å²) in [6.07, 6.45) is -1.04. The van der Waals surface area contributed by atoms with Gasteiger partial charge in [0.05, 0.1) is 18.2 Å². The molecule has 0 heterocycles. The van der Waals surface area contributed by atoms with Gasteiger partial charge in [0.2, 0.25) is 0 Å². The van der Waals surface area contributed by atoms with Crippen LogP contribution < -0.4 is 4.74 Å². The van der Waals surface area contributed by atoms with Crippen LogP contribution in [0.15, 0.2) is 30.3 Å². The maximum absolute atomic E-state index is 14.4. The zero-order chi connectivity index (χ0) is 23.8. The first-order valence-corrected chi connectivity index (χ1v) is 9.97. The number of nitriles is 1. The molecule has 1 amide bonds. The van der Waals surface area contributed by atoms with E-state index in [0.717, 1.165) is 23.1 Å². The van der Waals surface area contributed by atoms with E-state index < -0.39 is 42.0 Å². The van der Waals surface area contributed by atoms with Gasteiger partial charge >= 0.3 is 5.97 Å². The summed E-state index contributed by atoms with van der Waals surface area (Å²) in [5, 5.41) is 8.88. The van der Waals surface area contributed by atoms with Crippen molar-refractivity contribution in [1.29, 1.82) is 5.26 Å².